The number of carbonyl (C=O) groups excluding carboxylic acids is 2. The molecule has 29 heavy (non-hydrogen) atoms. The maximum atomic E-state index is 12.0. The van der Waals surface area contributed by atoms with Crippen LogP contribution in [-0.2, 0) is 20.7 Å². The molecule has 1 aliphatic rings. The molecule has 6 nitrogen and oxygen atoms in total. The summed E-state index contributed by atoms with van der Waals surface area (Å²) in [5, 5.41) is 2.69. The molecule has 0 bridgehead atoms. The number of anilines is 1. The van der Waals surface area contributed by atoms with Gasteiger partial charge in [-0.1, -0.05) is 12.1 Å². The highest BCUT2D eigenvalue weighted by molar-refractivity contribution is 5.94. The molecule has 1 N–H and O–H groups in total. The Balaban J connectivity index is 1.59. The molecule has 0 aliphatic carbocycles. The number of carbonyl (C=O) groups is 2. The van der Waals surface area contributed by atoms with Crippen molar-refractivity contribution in [2.24, 2.45) is 0 Å². The molecule has 0 aromatic heterocycles. The molecule has 6 heteroatoms. The van der Waals surface area contributed by atoms with Gasteiger partial charge in [0.1, 0.15) is 17.6 Å². The summed E-state index contributed by atoms with van der Waals surface area (Å²) in [7, 11) is 0. The van der Waals surface area contributed by atoms with E-state index in [-0.39, 0.29) is 12.7 Å². The number of esters is 1. The molecular weight excluding hydrogens is 370 g/mol. The second kappa shape index (κ2) is 9.28. The zero-order valence-corrected chi connectivity index (χ0v) is 16.9. The fraction of sp³-hybridized carbons (Fsp3) is 0.304. The van der Waals surface area contributed by atoms with Gasteiger partial charge in [0.15, 0.2) is 6.61 Å². The van der Waals surface area contributed by atoms with E-state index >= 15 is 0 Å². The summed E-state index contributed by atoms with van der Waals surface area (Å²) in [5.41, 5.74) is 3.50. The molecule has 152 valence electrons. The fourth-order valence-electron chi connectivity index (χ4n) is 3.13. The highest BCUT2D eigenvalue weighted by Gasteiger charge is 2.21. The van der Waals surface area contributed by atoms with Crippen LogP contribution >= 0.6 is 0 Å². The van der Waals surface area contributed by atoms with Crippen LogP contribution in [0.4, 0.5) is 5.69 Å². The van der Waals surface area contributed by atoms with Gasteiger partial charge in [-0.25, -0.2) is 4.79 Å². The fourth-order valence-corrected chi connectivity index (χ4v) is 3.13. The van der Waals surface area contributed by atoms with E-state index in [4.69, 9.17) is 14.2 Å². The number of nitrogens with one attached hydrogen (secondary N) is 1. The molecule has 0 saturated carbocycles. The van der Waals surface area contributed by atoms with E-state index < -0.39 is 11.9 Å². The molecule has 0 spiro atoms. The maximum Gasteiger partial charge on any atom is 0.331 e. The minimum Gasteiger partial charge on any atom is -0.493 e. The van der Waals surface area contributed by atoms with E-state index in [1.165, 1.54) is 6.08 Å². The van der Waals surface area contributed by atoms with Gasteiger partial charge >= 0.3 is 5.97 Å². The first-order valence-corrected chi connectivity index (χ1v) is 9.62. The molecule has 0 unspecified atom stereocenters. The summed E-state index contributed by atoms with van der Waals surface area (Å²) in [4.78, 5) is 24.0. The van der Waals surface area contributed by atoms with Crippen LogP contribution in [0.2, 0.25) is 0 Å². The molecule has 2 aromatic rings. The quantitative estimate of drug-likeness (QED) is 0.568. The number of hydrogen-bond acceptors (Lipinski definition) is 5. The molecule has 0 fully saturated rings. The van der Waals surface area contributed by atoms with E-state index in [0.29, 0.717) is 18.0 Å². The predicted octanol–water partition coefficient (Wildman–Crippen LogP) is 3.91. The molecule has 1 amide bonds. The van der Waals surface area contributed by atoms with Gasteiger partial charge in [0.2, 0.25) is 0 Å². The lowest BCUT2D eigenvalue weighted by atomic mass is 10.1. The van der Waals surface area contributed by atoms with Crippen LogP contribution in [0.15, 0.2) is 42.5 Å². The van der Waals surface area contributed by atoms with E-state index in [1.54, 1.807) is 12.1 Å². The average Bonchev–Trinajstić information content (AvgIpc) is 3.03. The third-order valence-electron chi connectivity index (χ3n) is 4.37. The second-order valence-electron chi connectivity index (χ2n) is 6.92. The van der Waals surface area contributed by atoms with Gasteiger partial charge in [0.25, 0.3) is 5.91 Å². The summed E-state index contributed by atoms with van der Waals surface area (Å²) in [6.07, 6.45) is 3.84. The molecule has 0 radical (unpaired) electrons. The van der Waals surface area contributed by atoms with Crippen LogP contribution in [0.3, 0.4) is 0 Å². The molecule has 2 aromatic carbocycles. The van der Waals surface area contributed by atoms with Gasteiger partial charge in [0, 0.05) is 29.3 Å². The van der Waals surface area contributed by atoms with Crippen molar-refractivity contribution in [3.05, 3.63) is 59.2 Å². The molecule has 1 aliphatic heterocycles. The first-order chi connectivity index (χ1) is 13.9. The van der Waals surface area contributed by atoms with Crippen molar-refractivity contribution in [2.45, 2.75) is 33.3 Å². The van der Waals surface area contributed by atoms with Crippen molar-refractivity contribution in [3.8, 4) is 11.5 Å². The molecular formula is C23H25NO5. The van der Waals surface area contributed by atoms with Crippen LogP contribution in [0.5, 0.6) is 11.5 Å². The Labute approximate surface area is 170 Å². The van der Waals surface area contributed by atoms with Crippen LogP contribution < -0.4 is 14.8 Å². The third-order valence-corrected chi connectivity index (χ3v) is 4.37. The van der Waals surface area contributed by atoms with Gasteiger partial charge in [-0.3, -0.25) is 4.79 Å². The minimum atomic E-state index is -0.610. The van der Waals surface area contributed by atoms with E-state index in [9.17, 15) is 9.59 Å². The Morgan fingerprint density at radius 3 is 2.86 bits per heavy atom. The van der Waals surface area contributed by atoms with Gasteiger partial charge in [-0.15, -0.1) is 0 Å². The first kappa shape index (κ1) is 20.5. The molecule has 0 saturated heterocycles. The highest BCUT2D eigenvalue weighted by Crippen LogP contribution is 2.35. The maximum absolute atomic E-state index is 12.0. The van der Waals surface area contributed by atoms with Gasteiger partial charge in [-0.05, 0) is 56.7 Å². The second-order valence-corrected chi connectivity index (χ2v) is 6.92. The van der Waals surface area contributed by atoms with Crippen molar-refractivity contribution in [3.63, 3.8) is 0 Å². The SMILES string of the molecule is CCOc1cc2c(cc1/C=C/C(=O)OCC(=O)Nc1cccc(C)c1)O[C@@H](C)C2. The normalized spacial score (nSPS) is 14.9. The van der Waals surface area contributed by atoms with Crippen molar-refractivity contribution in [1.82, 2.24) is 0 Å². The Morgan fingerprint density at radius 2 is 2.10 bits per heavy atom. The predicted molar refractivity (Wildman–Crippen MR) is 111 cm³/mol. The highest BCUT2D eigenvalue weighted by atomic mass is 16.5. The zero-order chi connectivity index (χ0) is 20.8. The topological polar surface area (TPSA) is 73.9 Å². The van der Waals surface area contributed by atoms with Crippen molar-refractivity contribution < 1.29 is 23.8 Å². The number of hydrogen-bond donors (Lipinski definition) is 1. The van der Waals surface area contributed by atoms with Crippen LogP contribution in [0.25, 0.3) is 6.08 Å². The van der Waals surface area contributed by atoms with E-state index in [0.717, 1.165) is 28.9 Å². The number of rotatable bonds is 7. The standard InChI is InChI=1S/C23H25NO5/c1-4-27-20-13-18-11-16(3)29-21(18)12-17(20)8-9-23(26)28-14-22(25)24-19-7-5-6-15(2)10-19/h5-10,12-13,16H,4,11,14H2,1-3H3,(H,24,25)/b9-8+/t16-/m0/s1. The largest absolute Gasteiger partial charge is 0.493 e. The summed E-state index contributed by atoms with van der Waals surface area (Å²) < 4.78 is 16.5. The van der Waals surface area contributed by atoms with Gasteiger partial charge in [-0.2, -0.15) is 0 Å². The smallest absolute Gasteiger partial charge is 0.331 e. The number of benzene rings is 2. The number of aryl methyl sites for hydroxylation is 1. The van der Waals surface area contributed by atoms with Crippen molar-refractivity contribution in [1.29, 1.82) is 0 Å². The monoisotopic (exact) mass is 395 g/mol. The Morgan fingerprint density at radius 1 is 1.28 bits per heavy atom. The summed E-state index contributed by atoms with van der Waals surface area (Å²) >= 11 is 0. The van der Waals surface area contributed by atoms with Crippen molar-refractivity contribution >= 4 is 23.6 Å². The summed E-state index contributed by atoms with van der Waals surface area (Å²) in [5.74, 6) is 0.477. The zero-order valence-electron chi connectivity index (χ0n) is 16.9. The van der Waals surface area contributed by atoms with Crippen molar-refractivity contribution in [2.75, 3.05) is 18.5 Å². The third kappa shape index (κ3) is 5.60. The molecule has 3 rings (SSSR count). The summed E-state index contributed by atoms with van der Waals surface area (Å²) in [6.45, 7) is 6.00. The number of ether oxygens (including phenoxy) is 3. The van der Waals surface area contributed by atoms with Gasteiger partial charge in [0.05, 0.1) is 6.61 Å². The molecule has 1 atom stereocenters. The Hall–Kier alpha value is -3.28. The van der Waals surface area contributed by atoms with Crippen LogP contribution in [-0.4, -0.2) is 31.2 Å². The summed E-state index contributed by atoms with van der Waals surface area (Å²) in [6, 6.07) is 11.2. The Bertz CT molecular complexity index is 935. The average molecular weight is 395 g/mol. The number of fused-ring (bicyclic) bond motifs is 1. The van der Waals surface area contributed by atoms with E-state index in [1.807, 2.05) is 51.1 Å². The van der Waals surface area contributed by atoms with E-state index in [2.05, 4.69) is 5.32 Å². The Kier molecular flexibility index (Phi) is 6.54. The first-order valence-electron chi connectivity index (χ1n) is 9.62. The van der Waals surface area contributed by atoms with Crippen LogP contribution in [0, 0.1) is 6.92 Å². The van der Waals surface area contributed by atoms with Crippen LogP contribution in [0.1, 0.15) is 30.5 Å². The van der Waals surface area contributed by atoms with Gasteiger partial charge < -0.3 is 19.5 Å². The lowest BCUT2D eigenvalue weighted by Gasteiger charge is -2.10. The lowest BCUT2D eigenvalue weighted by Crippen LogP contribution is -2.20. The lowest BCUT2D eigenvalue weighted by molar-refractivity contribution is -0.142. The molecule has 1 heterocycles. The number of amides is 1. The minimum absolute atomic E-state index is 0.121.